The minimum atomic E-state index is -0.313. The minimum Gasteiger partial charge on any atom is -0.490 e. The van der Waals surface area contributed by atoms with Crippen LogP contribution in [0, 0.1) is 5.82 Å². The Hall–Kier alpha value is -2.16. The van der Waals surface area contributed by atoms with Crippen molar-refractivity contribution in [1.29, 1.82) is 0 Å². The quantitative estimate of drug-likeness (QED) is 0.797. The van der Waals surface area contributed by atoms with Gasteiger partial charge in [-0.25, -0.2) is 4.39 Å². The van der Waals surface area contributed by atoms with Crippen molar-refractivity contribution in [2.45, 2.75) is 25.9 Å². The second kappa shape index (κ2) is 5.08. The maximum absolute atomic E-state index is 13.1. The molecule has 1 aliphatic heterocycles. The van der Waals surface area contributed by atoms with Crippen LogP contribution >= 0.6 is 0 Å². The maximum Gasteiger partial charge on any atom is 0.167 e. The maximum atomic E-state index is 13.1. The summed E-state index contributed by atoms with van der Waals surface area (Å²) < 4.78 is 18.7. The molecule has 0 aliphatic carbocycles. The molecule has 1 atom stereocenters. The average Bonchev–Trinajstić information content (AvgIpc) is 2.77. The van der Waals surface area contributed by atoms with Crippen LogP contribution in [0.5, 0.6) is 5.75 Å². The van der Waals surface area contributed by atoms with Gasteiger partial charge in [-0.2, -0.15) is 0 Å². The SMILES string of the molecule is CC1Cc2cc(C(=O)Cc3cccc(F)c3)ccc2O1. The first-order valence-electron chi connectivity index (χ1n) is 6.69. The Morgan fingerprint density at radius 1 is 1.30 bits per heavy atom. The van der Waals surface area contributed by atoms with Crippen LogP contribution in [0.25, 0.3) is 0 Å². The minimum absolute atomic E-state index is 0.00190. The van der Waals surface area contributed by atoms with E-state index in [0.29, 0.717) is 11.1 Å². The molecule has 2 aromatic carbocycles. The smallest absolute Gasteiger partial charge is 0.167 e. The van der Waals surface area contributed by atoms with Gasteiger partial charge in [-0.05, 0) is 48.4 Å². The monoisotopic (exact) mass is 270 g/mol. The molecule has 2 aromatic rings. The Bertz CT molecular complexity index is 664. The molecule has 1 aliphatic rings. The van der Waals surface area contributed by atoms with E-state index < -0.39 is 0 Å². The van der Waals surface area contributed by atoms with Crippen LogP contribution in [0.3, 0.4) is 0 Å². The first kappa shape index (κ1) is 12.9. The van der Waals surface area contributed by atoms with E-state index in [1.54, 1.807) is 18.2 Å². The van der Waals surface area contributed by atoms with Crippen LogP contribution in [0.4, 0.5) is 4.39 Å². The van der Waals surface area contributed by atoms with E-state index in [2.05, 4.69) is 0 Å². The van der Waals surface area contributed by atoms with E-state index in [1.165, 1.54) is 12.1 Å². The fourth-order valence-corrected chi connectivity index (χ4v) is 2.53. The summed E-state index contributed by atoms with van der Waals surface area (Å²) in [6, 6.07) is 11.7. The van der Waals surface area contributed by atoms with Gasteiger partial charge in [0.2, 0.25) is 0 Å². The molecule has 3 heteroatoms. The largest absolute Gasteiger partial charge is 0.490 e. The van der Waals surface area contributed by atoms with Gasteiger partial charge in [0.1, 0.15) is 17.7 Å². The Balaban J connectivity index is 1.80. The normalized spacial score (nSPS) is 16.6. The summed E-state index contributed by atoms with van der Waals surface area (Å²) in [6.45, 7) is 2.01. The molecule has 0 amide bonds. The van der Waals surface area contributed by atoms with Gasteiger partial charge in [0.25, 0.3) is 0 Å². The number of hydrogen-bond donors (Lipinski definition) is 0. The average molecular weight is 270 g/mol. The molecule has 2 nitrogen and oxygen atoms in total. The second-order valence-electron chi connectivity index (χ2n) is 5.18. The lowest BCUT2D eigenvalue weighted by Gasteiger charge is -2.04. The van der Waals surface area contributed by atoms with Gasteiger partial charge in [0, 0.05) is 18.4 Å². The molecule has 0 bridgehead atoms. The van der Waals surface area contributed by atoms with Crippen LogP contribution in [-0.2, 0) is 12.8 Å². The highest BCUT2D eigenvalue weighted by Crippen LogP contribution is 2.29. The lowest BCUT2D eigenvalue weighted by Crippen LogP contribution is -2.05. The number of Topliss-reactive ketones (excluding diaryl/α,β-unsaturated/α-hetero) is 1. The summed E-state index contributed by atoms with van der Waals surface area (Å²) in [5, 5.41) is 0. The molecule has 20 heavy (non-hydrogen) atoms. The van der Waals surface area contributed by atoms with E-state index >= 15 is 0 Å². The van der Waals surface area contributed by atoms with Gasteiger partial charge in [-0.3, -0.25) is 4.79 Å². The van der Waals surface area contributed by atoms with Crippen LogP contribution in [-0.4, -0.2) is 11.9 Å². The topological polar surface area (TPSA) is 26.3 Å². The molecule has 0 fully saturated rings. The Morgan fingerprint density at radius 3 is 2.95 bits per heavy atom. The number of ether oxygens (including phenoxy) is 1. The zero-order chi connectivity index (χ0) is 14.1. The van der Waals surface area contributed by atoms with Crippen LogP contribution in [0.15, 0.2) is 42.5 Å². The van der Waals surface area contributed by atoms with Gasteiger partial charge < -0.3 is 4.74 Å². The highest BCUT2D eigenvalue weighted by atomic mass is 19.1. The van der Waals surface area contributed by atoms with Gasteiger partial charge >= 0.3 is 0 Å². The van der Waals surface area contributed by atoms with Crippen molar-refractivity contribution in [2.24, 2.45) is 0 Å². The van der Waals surface area contributed by atoms with Crippen molar-refractivity contribution in [1.82, 2.24) is 0 Å². The first-order valence-corrected chi connectivity index (χ1v) is 6.69. The predicted octanol–water partition coefficient (Wildman–Crippen LogP) is 3.57. The molecule has 3 rings (SSSR count). The third-order valence-corrected chi connectivity index (χ3v) is 3.47. The van der Waals surface area contributed by atoms with Gasteiger partial charge in [-0.15, -0.1) is 0 Å². The van der Waals surface area contributed by atoms with E-state index in [4.69, 9.17) is 4.74 Å². The fourth-order valence-electron chi connectivity index (χ4n) is 2.53. The van der Waals surface area contributed by atoms with Crippen molar-refractivity contribution in [2.75, 3.05) is 0 Å². The second-order valence-corrected chi connectivity index (χ2v) is 5.18. The Morgan fingerprint density at radius 2 is 2.15 bits per heavy atom. The molecule has 0 spiro atoms. The third kappa shape index (κ3) is 2.57. The van der Waals surface area contributed by atoms with E-state index in [9.17, 15) is 9.18 Å². The number of ketones is 1. The Kier molecular flexibility index (Phi) is 3.26. The van der Waals surface area contributed by atoms with E-state index in [0.717, 1.165) is 17.7 Å². The predicted molar refractivity (Wildman–Crippen MR) is 74.7 cm³/mol. The molecule has 1 unspecified atom stereocenters. The molecule has 0 saturated heterocycles. The number of carbonyl (C=O) groups excluding carboxylic acids is 1. The van der Waals surface area contributed by atoms with Crippen LogP contribution in [0.2, 0.25) is 0 Å². The molecular formula is C17H15FO2. The summed E-state index contributed by atoms with van der Waals surface area (Å²) in [5.74, 6) is 0.546. The highest BCUT2D eigenvalue weighted by molar-refractivity contribution is 5.97. The zero-order valence-corrected chi connectivity index (χ0v) is 11.2. The summed E-state index contributed by atoms with van der Waals surface area (Å²) >= 11 is 0. The molecule has 1 heterocycles. The number of halogens is 1. The van der Waals surface area contributed by atoms with Crippen molar-refractivity contribution in [3.8, 4) is 5.75 Å². The van der Waals surface area contributed by atoms with Crippen molar-refractivity contribution in [3.63, 3.8) is 0 Å². The fraction of sp³-hybridized carbons (Fsp3) is 0.235. The number of benzene rings is 2. The molecular weight excluding hydrogens is 255 g/mol. The number of fused-ring (bicyclic) bond motifs is 1. The Labute approximate surface area is 117 Å². The van der Waals surface area contributed by atoms with Gasteiger partial charge in [0.05, 0.1) is 0 Å². The first-order chi connectivity index (χ1) is 9.61. The van der Waals surface area contributed by atoms with Gasteiger partial charge in [-0.1, -0.05) is 12.1 Å². The van der Waals surface area contributed by atoms with Gasteiger partial charge in [0.15, 0.2) is 5.78 Å². The van der Waals surface area contributed by atoms with Crippen molar-refractivity contribution < 1.29 is 13.9 Å². The number of carbonyl (C=O) groups is 1. The zero-order valence-electron chi connectivity index (χ0n) is 11.2. The molecule has 102 valence electrons. The molecule has 0 N–H and O–H groups in total. The van der Waals surface area contributed by atoms with E-state index in [-0.39, 0.29) is 24.1 Å². The lowest BCUT2D eigenvalue weighted by atomic mass is 10.00. The number of rotatable bonds is 3. The third-order valence-electron chi connectivity index (χ3n) is 3.47. The molecule has 0 saturated carbocycles. The highest BCUT2D eigenvalue weighted by Gasteiger charge is 2.20. The number of hydrogen-bond acceptors (Lipinski definition) is 2. The summed E-state index contributed by atoms with van der Waals surface area (Å²) in [5.41, 5.74) is 2.42. The summed E-state index contributed by atoms with van der Waals surface area (Å²) in [7, 11) is 0. The van der Waals surface area contributed by atoms with Crippen molar-refractivity contribution in [3.05, 3.63) is 65.0 Å². The summed E-state index contributed by atoms with van der Waals surface area (Å²) in [4.78, 5) is 12.2. The van der Waals surface area contributed by atoms with Crippen LogP contribution in [0.1, 0.15) is 28.4 Å². The summed E-state index contributed by atoms with van der Waals surface area (Å²) in [6.07, 6.45) is 1.21. The molecule has 0 radical (unpaired) electrons. The standard InChI is InChI=1S/C17H15FO2/c1-11-7-14-10-13(5-6-17(14)20-11)16(19)9-12-3-2-4-15(18)8-12/h2-6,8,10-11H,7,9H2,1H3. The van der Waals surface area contributed by atoms with E-state index in [1.807, 2.05) is 19.1 Å². The lowest BCUT2D eigenvalue weighted by molar-refractivity contribution is 0.0993. The van der Waals surface area contributed by atoms with Crippen molar-refractivity contribution >= 4 is 5.78 Å². The molecule has 0 aromatic heterocycles. The van der Waals surface area contributed by atoms with Crippen LogP contribution < -0.4 is 4.74 Å².